The summed E-state index contributed by atoms with van der Waals surface area (Å²) in [5, 5.41) is 8.59. The Balaban J connectivity index is 2.08. The second kappa shape index (κ2) is 5.37. The first kappa shape index (κ1) is 11.5. The zero-order valence-electron chi connectivity index (χ0n) is 9.63. The standard InChI is InChI=1S/C11H13N5O/c1-9-4-14-10(5-13-9)6-16-2-3-17-7-11(16)15-8-12/h4-5H,2-3,6-7H2,1H3. The molecule has 0 saturated carbocycles. The first-order valence-corrected chi connectivity index (χ1v) is 5.35. The number of rotatable bonds is 2. The highest BCUT2D eigenvalue weighted by Gasteiger charge is 2.17. The minimum absolute atomic E-state index is 0.382. The summed E-state index contributed by atoms with van der Waals surface area (Å²) in [6.45, 7) is 4.25. The van der Waals surface area contributed by atoms with E-state index in [1.807, 2.05) is 11.8 Å². The van der Waals surface area contributed by atoms with Crippen molar-refractivity contribution >= 4 is 5.84 Å². The molecule has 6 heteroatoms. The molecule has 1 aromatic rings. The van der Waals surface area contributed by atoms with Crippen LogP contribution in [0.3, 0.4) is 0 Å². The van der Waals surface area contributed by atoms with E-state index >= 15 is 0 Å². The summed E-state index contributed by atoms with van der Waals surface area (Å²) < 4.78 is 5.26. The van der Waals surface area contributed by atoms with Crippen LogP contribution in [0.2, 0.25) is 0 Å². The summed E-state index contributed by atoms with van der Waals surface area (Å²) in [5.74, 6) is 0.654. The van der Waals surface area contributed by atoms with Crippen LogP contribution in [0.1, 0.15) is 11.4 Å². The molecule has 0 radical (unpaired) electrons. The lowest BCUT2D eigenvalue weighted by Crippen LogP contribution is -2.41. The second-order valence-electron chi connectivity index (χ2n) is 3.75. The molecule has 1 aliphatic rings. The maximum Gasteiger partial charge on any atom is 0.207 e. The Morgan fingerprint density at radius 2 is 2.41 bits per heavy atom. The zero-order chi connectivity index (χ0) is 12.1. The normalized spacial score (nSPS) is 18.1. The average molecular weight is 231 g/mol. The maximum atomic E-state index is 8.59. The summed E-state index contributed by atoms with van der Waals surface area (Å²) in [7, 11) is 0. The number of aliphatic imine (C=N–C) groups is 1. The number of nitrogens with zero attached hydrogens (tertiary/aromatic N) is 5. The predicted molar refractivity (Wildman–Crippen MR) is 61.0 cm³/mol. The Hall–Kier alpha value is -2.00. The van der Waals surface area contributed by atoms with Gasteiger partial charge < -0.3 is 9.64 Å². The van der Waals surface area contributed by atoms with E-state index in [2.05, 4.69) is 15.0 Å². The fourth-order valence-corrected chi connectivity index (χ4v) is 1.59. The molecule has 1 aromatic heterocycles. The maximum absolute atomic E-state index is 8.59. The van der Waals surface area contributed by atoms with Crippen LogP contribution in [-0.4, -0.2) is 40.5 Å². The zero-order valence-corrected chi connectivity index (χ0v) is 9.63. The third-order valence-electron chi connectivity index (χ3n) is 2.47. The fraction of sp³-hybridized carbons (Fsp3) is 0.455. The monoisotopic (exact) mass is 231 g/mol. The van der Waals surface area contributed by atoms with Crippen molar-refractivity contribution in [3.63, 3.8) is 0 Å². The van der Waals surface area contributed by atoms with Crippen LogP contribution in [0.5, 0.6) is 0 Å². The molecule has 0 bridgehead atoms. The van der Waals surface area contributed by atoms with Gasteiger partial charge in [0, 0.05) is 12.7 Å². The van der Waals surface area contributed by atoms with E-state index in [9.17, 15) is 0 Å². The van der Waals surface area contributed by atoms with Gasteiger partial charge in [0.25, 0.3) is 0 Å². The number of aromatic nitrogens is 2. The lowest BCUT2D eigenvalue weighted by atomic mass is 10.3. The van der Waals surface area contributed by atoms with Crippen LogP contribution in [0.4, 0.5) is 0 Å². The summed E-state index contributed by atoms with van der Waals surface area (Å²) in [6, 6.07) is 0. The van der Waals surface area contributed by atoms with Gasteiger partial charge in [0.15, 0.2) is 0 Å². The van der Waals surface area contributed by atoms with Crippen molar-refractivity contribution in [2.75, 3.05) is 19.8 Å². The summed E-state index contributed by atoms with van der Waals surface area (Å²) in [5.41, 5.74) is 1.75. The molecule has 0 aromatic carbocycles. The number of amidine groups is 1. The Morgan fingerprint density at radius 1 is 1.53 bits per heavy atom. The summed E-state index contributed by atoms with van der Waals surface area (Å²) in [4.78, 5) is 14.2. The predicted octanol–water partition coefficient (Wildman–Crippen LogP) is 0.497. The van der Waals surface area contributed by atoms with E-state index in [0.717, 1.165) is 17.9 Å². The minimum Gasteiger partial charge on any atom is -0.372 e. The van der Waals surface area contributed by atoms with Crippen molar-refractivity contribution in [3.05, 3.63) is 23.8 Å². The lowest BCUT2D eigenvalue weighted by molar-refractivity contribution is 0.113. The highest BCUT2D eigenvalue weighted by atomic mass is 16.5. The number of aryl methyl sites for hydroxylation is 1. The molecule has 0 unspecified atom stereocenters. The molecule has 2 heterocycles. The van der Waals surface area contributed by atoms with Crippen molar-refractivity contribution < 1.29 is 4.74 Å². The number of morpholine rings is 1. The topological polar surface area (TPSA) is 74.4 Å². The first-order valence-electron chi connectivity index (χ1n) is 5.35. The van der Waals surface area contributed by atoms with E-state index < -0.39 is 0 Å². The minimum atomic E-state index is 0.382. The fourth-order valence-electron chi connectivity index (χ4n) is 1.59. The van der Waals surface area contributed by atoms with E-state index in [1.165, 1.54) is 0 Å². The van der Waals surface area contributed by atoms with E-state index in [1.54, 1.807) is 18.6 Å². The molecule has 6 nitrogen and oxygen atoms in total. The Bertz CT molecular complexity index is 448. The quantitative estimate of drug-likeness (QED) is 0.693. The third-order valence-corrected chi connectivity index (χ3v) is 2.47. The van der Waals surface area contributed by atoms with Gasteiger partial charge in [0.2, 0.25) is 6.19 Å². The van der Waals surface area contributed by atoms with Crippen LogP contribution < -0.4 is 0 Å². The molecule has 0 spiro atoms. The van der Waals surface area contributed by atoms with Gasteiger partial charge in [-0.2, -0.15) is 10.3 Å². The van der Waals surface area contributed by atoms with Crippen LogP contribution >= 0.6 is 0 Å². The molecular formula is C11H13N5O. The molecule has 1 aliphatic heterocycles. The SMILES string of the molecule is Cc1cnc(CN2CCOCC2=NC#N)cn1. The Morgan fingerprint density at radius 3 is 3.12 bits per heavy atom. The molecule has 0 atom stereocenters. The smallest absolute Gasteiger partial charge is 0.207 e. The van der Waals surface area contributed by atoms with Crippen molar-refractivity contribution in [2.24, 2.45) is 4.99 Å². The Labute approximate surface area is 99.6 Å². The van der Waals surface area contributed by atoms with Gasteiger partial charge in [-0.3, -0.25) is 9.97 Å². The van der Waals surface area contributed by atoms with Crippen molar-refractivity contribution in [2.45, 2.75) is 13.5 Å². The number of nitriles is 1. The van der Waals surface area contributed by atoms with E-state index in [0.29, 0.717) is 25.6 Å². The molecule has 88 valence electrons. The molecule has 0 aliphatic carbocycles. The molecule has 0 amide bonds. The van der Waals surface area contributed by atoms with Crippen LogP contribution in [0.15, 0.2) is 17.4 Å². The number of ether oxygens (including phenoxy) is 1. The van der Waals surface area contributed by atoms with Gasteiger partial charge in [-0.15, -0.1) is 0 Å². The Kier molecular flexibility index (Phi) is 3.62. The van der Waals surface area contributed by atoms with Crippen molar-refractivity contribution in [1.82, 2.24) is 14.9 Å². The first-order chi connectivity index (χ1) is 8.29. The van der Waals surface area contributed by atoms with Crippen molar-refractivity contribution in [3.8, 4) is 6.19 Å². The van der Waals surface area contributed by atoms with Gasteiger partial charge in [-0.1, -0.05) is 0 Å². The van der Waals surface area contributed by atoms with Gasteiger partial charge >= 0.3 is 0 Å². The van der Waals surface area contributed by atoms with Crippen LogP contribution in [0.25, 0.3) is 0 Å². The molecule has 1 saturated heterocycles. The molecule has 0 N–H and O–H groups in total. The number of hydrogen-bond acceptors (Lipinski definition) is 5. The number of hydrogen-bond donors (Lipinski definition) is 0. The van der Waals surface area contributed by atoms with Crippen LogP contribution in [-0.2, 0) is 11.3 Å². The van der Waals surface area contributed by atoms with Gasteiger partial charge in [-0.25, -0.2) is 0 Å². The van der Waals surface area contributed by atoms with E-state index in [4.69, 9.17) is 10.00 Å². The molecular weight excluding hydrogens is 218 g/mol. The highest BCUT2D eigenvalue weighted by molar-refractivity contribution is 5.84. The second-order valence-corrected chi connectivity index (χ2v) is 3.75. The summed E-state index contributed by atoms with van der Waals surface area (Å²) >= 11 is 0. The molecule has 1 fully saturated rings. The van der Waals surface area contributed by atoms with E-state index in [-0.39, 0.29) is 0 Å². The van der Waals surface area contributed by atoms with Crippen molar-refractivity contribution in [1.29, 1.82) is 5.26 Å². The van der Waals surface area contributed by atoms with Gasteiger partial charge in [0.05, 0.1) is 30.7 Å². The average Bonchev–Trinajstić information content (AvgIpc) is 2.35. The highest BCUT2D eigenvalue weighted by Crippen LogP contribution is 2.06. The lowest BCUT2D eigenvalue weighted by Gasteiger charge is -2.29. The molecule has 2 rings (SSSR count). The third kappa shape index (κ3) is 2.98. The van der Waals surface area contributed by atoms with Gasteiger partial charge in [-0.05, 0) is 6.92 Å². The largest absolute Gasteiger partial charge is 0.372 e. The van der Waals surface area contributed by atoms with Gasteiger partial charge in [0.1, 0.15) is 12.4 Å². The van der Waals surface area contributed by atoms with Crippen LogP contribution in [0, 0.1) is 18.4 Å². The molecule has 17 heavy (non-hydrogen) atoms. The summed E-state index contributed by atoms with van der Waals surface area (Å²) in [6.07, 6.45) is 5.27.